The average molecular weight is 271 g/mol. The van der Waals surface area contributed by atoms with E-state index in [2.05, 4.69) is 9.17 Å². The number of pyridine rings is 1. The Morgan fingerprint density at radius 1 is 1.41 bits per heavy atom. The number of nitrogens with zero attached hydrogens (tertiary/aromatic N) is 1. The summed E-state index contributed by atoms with van der Waals surface area (Å²) in [6.07, 6.45) is 1.57. The van der Waals surface area contributed by atoms with E-state index < -0.39 is 32.9 Å². The maximum atomic E-state index is 12.0. The predicted molar refractivity (Wildman–Crippen MR) is 46.8 cm³/mol. The second-order valence-electron chi connectivity index (χ2n) is 2.66. The van der Waals surface area contributed by atoms with E-state index >= 15 is 0 Å². The van der Waals surface area contributed by atoms with Crippen molar-refractivity contribution in [2.45, 2.75) is 5.51 Å². The Labute approximate surface area is 92.8 Å². The Bertz CT molecular complexity index is 539. The van der Waals surface area contributed by atoms with Gasteiger partial charge < -0.3 is 9.29 Å². The Kier molecular flexibility index (Phi) is 3.27. The second-order valence-corrected chi connectivity index (χ2v) is 4.20. The number of carboxylic acid groups (broad SMARTS) is 1. The quantitative estimate of drug-likeness (QED) is 0.651. The van der Waals surface area contributed by atoms with Gasteiger partial charge in [0.2, 0.25) is 0 Å². The zero-order valence-corrected chi connectivity index (χ0v) is 8.62. The van der Waals surface area contributed by atoms with Crippen LogP contribution in [0.15, 0.2) is 18.5 Å². The molecule has 0 amide bonds. The highest BCUT2D eigenvalue weighted by atomic mass is 32.2. The van der Waals surface area contributed by atoms with Gasteiger partial charge in [0.1, 0.15) is 5.56 Å². The average Bonchev–Trinajstić information content (AvgIpc) is 2.15. The maximum Gasteiger partial charge on any atom is 0.534 e. The number of carbonyl (C=O) groups is 1. The lowest BCUT2D eigenvalue weighted by molar-refractivity contribution is -0.0500. The van der Waals surface area contributed by atoms with Crippen LogP contribution in [0.25, 0.3) is 0 Å². The molecule has 10 heteroatoms. The molecule has 1 aromatic rings. The van der Waals surface area contributed by atoms with Crippen LogP contribution in [0.3, 0.4) is 0 Å². The van der Waals surface area contributed by atoms with E-state index in [1.807, 2.05) is 0 Å². The van der Waals surface area contributed by atoms with Crippen LogP contribution in [-0.2, 0) is 10.1 Å². The molecular weight excluding hydrogens is 267 g/mol. The van der Waals surface area contributed by atoms with Crippen molar-refractivity contribution in [1.29, 1.82) is 0 Å². The summed E-state index contributed by atoms with van der Waals surface area (Å²) in [6.45, 7) is 0. The van der Waals surface area contributed by atoms with Crippen LogP contribution in [0.5, 0.6) is 5.75 Å². The first-order valence-electron chi connectivity index (χ1n) is 3.83. The Morgan fingerprint density at radius 2 is 2.00 bits per heavy atom. The fourth-order valence-corrected chi connectivity index (χ4v) is 1.26. The van der Waals surface area contributed by atoms with Gasteiger partial charge in [-0.05, 0) is 0 Å². The minimum atomic E-state index is -5.90. The third kappa shape index (κ3) is 2.84. The van der Waals surface area contributed by atoms with E-state index in [0.717, 1.165) is 6.20 Å². The Balaban J connectivity index is 3.18. The lowest BCUT2D eigenvalue weighted by atomic mass is 10.3. The summed E-state index contributed by atoms with van der Waals surface area (Å²) in [5, 5.41) is 8.57. The van der Waals surface area contributed by atoms with E-state index in [-0.39, 0.29) is 0 Å². The minimum Gasteiger partial charge on any atom is -0.477 e. The molecule has 94 valence electrons. The molecule has 0 aliphatic rings. The molecule has 1 heterocycles. The number of aromatic nitrogens is 1. The van der Waals surface area contributed by atoms with Crippen molar-refractivity contribution in [2.24, 2.45) is 0 Å². The zero-order valence-electron chi connectivity index (χ0n) is 7.80. The van der Waals surface area contributed by atoms with Gasteiger partial charge in [0.25, 0.3) is 0 Å². The molecule has 0 aliphatic heterocycles. The molecule has 0 radical (unpaired) electrons. The lowest BCUT2D eigenvalue weighted by Gasteiger charge is -2.10. The van der Waals surface area contributed by atoms with Gasteiger partial charge in [-0.25, -0.2) is 4.79 Å². The van der Waals surface area contributed by atoms with Crippen molar-refractivity contribution in [1.82, 2.24) is 4.98 Å². The summed E-state index contributed by atoms with van der Waals surface area (Å²) in [5.41, 5.74) is -6.42. The first kappa shape index (κ1) is 13.2. The summed E-state index contributed by atoms with van der Waals surface area (Å²) in [5.74, 6) is -2.62. The molecule has 0 aliphatic carbocycles. The van der Waals surface area contributed by atoms with Crippen LogP contribution >= 0.6 is 0 Å². The molecule has 0 spiro atoms. The van der Waals surface area contributed by atoms with E-state index in [1.165, 1.54) is 0 Å². The number of hydrogen-bond acceptors (Lipinski definition) is 5. The summed E-state index contributed by atoms with van der Waals surface area (Å²) in [6, 6.07) is 0.701. The van der Waals surface area contributed by atoms with Crippen LogP contribution in [0.4, 0.5) is 13.2 Å². The summed E-state index contributed by atoms with van der Waals surface area (Å²) in [4.78, 5) is 13.9. The van der Waals surface area contributed by atoms with Crippen molar-refractivity contribution in [2.75, 3.05) is 0 Å². The van der Waals surface area contributed by atoms with Crippen molar-refractivity contribution in [3.8, 4) is 5.75 Å². The largest absolute Gasteiger partial charge is 0.534 e. The summed E-state index contributed by atoms with van der Waals surface area (Å²) >= 11 is 0. The maximum absolute atomic E-state index is 12.0. The molecule has 1 aromatic heterocycles. The van der Waals surface area contributed by atoms with Gasteiger partial charge in [0.05, 0.1) is 0 Å². The van der Waals surface area contributed by atoms with Crippen molar-refractivity contribution >= 4 is 16.1 Å². The third-order valence-electron chi connectivity index (χ3n) is 1.49. The zero-order chi connectivity index (χ0) is 13.3. The minimum absolute atomic E-state index is 0.670. The summed E-state index contributed by atoms with van der Waals surface area (Å²) < 4.78 is 60.9. The van der Waals surface area contributed by atoms with Gasteiger partial charge in [-0.3, -0.25) is 4.98 Å². The molecule has 6 nitrogen and oxygen atoms in total. The van der Waals surface area contributed by atoms with Crippen molar-refractivity contribution in [3.63, 3.8) is 0 Å². The number of rotatable bonds is 3. The molecule has 17 heavy (non-hydrogen) atoms. The van der Waals surface area contributed by atoms with E-state index in [1.54, 1.807) is 0 Å². The predicted octanol–water partition coefficient (Wildman–Crippen LogP) is 1.01. The molecule has 1 rings (SSSR count). The second kappa shape index (κ2) is 4.20. The fraction of sp³-hybridized carbons (Fsp3) is 0.143. The molecule has 0 fully saturated rings. The fourth-order valence-electron chi connectivity index (χ4n) is 0.780. The normalized spacial score (nSPS) is 12.2. The molecule has 0 aromatic carbocycles. The topological polar surface area (TPSA) is 93.6 Å². The van der Waals surface area contributed by atoms with Gasteiger partial charge in [0, 0.05) is 18.5 Å². The van der Waals surface area contributed by atoms with Gasteiger partial charge in [-0.2, -0.15) is 21.6 Å². The third-order valence-corrected chi connectivity index (χ3v) is 2.46. The molecule has 0 unspecified atom stereocenters. The molecule has 0 saturated heterocycles. The van der Waals surface area contributed by atoms with E-state index in [9.17, 15) is 26.4 Å². The van der Waals surface area contributed by atoms with Crippen LogP contribution in [0.1, 0.15) is 10.4 Å². The SMILES string of the molecule is O=C(O)c1cnccc1OS(=O)(=O)C(F)(F)F. The number of hydrogen-bond donors (Lipinski definition) is 1. The first-order chi connectivity index (χ1) is 7.65. The monoisotopic (exact) mass is 271 g/mol. The molecule has 0 bridgehead atoms. The van der Waals surface area contributed by atoms with Gasteiger partial charge in [-0.15, -0.1) is 0 Å². The van der Waals surface area contributed by atoms with Gasteiger partial charge in [0.15, 0.2) is 5.75 Å². The molecule has 0 saturated carbocycles. The molecule has 1 N–H and O–H groups in total. The lowest BCUT2D eigenvalue weighted by Crippen LogP contribution is -2.28. The van der Waals surface area contributed by atoms with Gasteiger partial charge in [-0.1, -0.05) is 0 Å². The Hall–Kier alpha value is -1.84. The standard InChI is InChI=1S/C7H4F3NO5S/c8-7(9,10)17(14,15)16-5-1-2-11-3-4(5)6(12)13/h1-3H,(H,12,13). The van der Waals surface area contributed by atoms with E-state index in [4.69, 9.17) is 5.11 Å². The van der Waals surface area contributed by atoms with Crippen molar-refractivity contribution < 1.29 is 35.7 Å². The van der Waals surface area contributed by atoms with Crippen LogP contribution < -0.4 is 4.18 Å². The van der Waals surface area contributed by atoms with E-state index in [0.29, 0.717) is 12.3 Å². The Morgan fingerprint density at radius 3 is 2.47 bits per heavy atom. The highest BCUT2D eigenvalue weighted by Crippen LogP contribution is 2.28. The molecule has 0 atom stereocenters. The number of aromatic carboxylic acids is 1. The van der Waals surface area contributed by atoms with Crippen molar-refractivity contribution in [3.05, 3.63) is 24.0 Å². The number of halogens is 3. The van der Waals surface area contributed by atoms with Crippen LogP contribution in [0, 0.1) is 0 Å². The smallest absolute Gasteiger partial charge is 0.477 e. The highest BCUT2D eigenvalue weighted by molar-refractivity contribution is 7.88. The highest BCUT2D eigenvalue weighted by Gasteiger charge is 2.49. The first-order valence-corrected chi connectivity index (χ1v) is 5.24. The number of carboxylic acids is 1. The number of alkyl halides is 3. The van der Waals surface area contributed by atoms with Crippen LogP contribution in [0.2, 0.25) is 0 Å². The van der Waals surface area contributed by atoms with Gasteiger partial charge >= 0.3 is 21.6 Å². The summed E-state index contributed by atoms with van der Waals surface area (Å²) in [7, 11) is -5.90. The van der Waals surface area contributed by atoms with Crippen LogP contribution in [-0.4, -0.2) is 30.0 Å². The molecular formula is C7H4F3NO5S.